The third-order valence-electron chi connectivity index (χ3n) is 6.09. The van der Waals surface area contributed by atoms with E-state index >= 15 is 0 Å². The van der Waals surface area contributed by atoms with E-state index in [1.165, 1.54) is 0 Å². The van der Waals surface area contributed by atoms with Gasteiger partial charge in [0.05, 0.1) is 37.1 Å². The number of hydrogen-bond acceptors (Lipinski definition) is 7. The first-order chi connectivity index (χ1) is 17.1. The van der Waals surface area contributed by atoms with Crippen LogP contribution < -0.4 is 4.74 Å². The van der Waals surface area contributed by atoms with Crippen LogP contribution in [0.4, 0.5) is 0 Å². The van der Waals surface area contributed by atoms with Crippen LogP contribution in [0.25, 0.3) is 0 Å². The van der Waals surface area contributed by atoms with Crippen molar-refractivity contribution in [3.63, 3.8) is 0 Å². The SMILES string of the molecule is COc1ccc(CO[C@H](COCc2ccccc2)[C@@H](O)CC2([C@H](C)/C=C\C=O)SCCCS2)cc1. The van der Waals surface area contributed by atoms with E-state index < -0.39 is 12.2 Å². The van der Waals surface area contributed by atoms with Crippen LogP contribution >= 0.6 is 23.5 Å². The monoisotopic (exact) mass is 516 g/mol. The highest BCUT2D eigenvalue weighted by atomic mass is 32.2. The highest BCUT2D eigenvalue weighted by Gasteiger charge is 2.41. The molecule has 3 atom stereocenters. The molecule has 1 aliphatic heterocycles. The molecule has 7 heteroatoms. The number of ether oxygens (including phenoxy) is 3. The van der Waals surface area contributed by atoms with E-state index in [4.69, 9.17) is 14.2 Å². The Hall–Kier alpha value is -1.77. The number of rotatable bonds is 14. The molecule has 0 spiro atoms. The zero-order valence-corrected chi connectivity index (χ0v) is 22.1. The molecule has 0 saturated carbocycles. The van der Waals surface area contributed by atoms with Gasteiger partial charge in [0.2, 0.25) is 0 Å². The summed E-state index contributed by atoms with van der Waals surface area (Å²) in [7, 11) is 1.64. The van der Waals surface area contributed by atoms with Crippen molar-refractivity contribution >= 4 is 29.8 Å². The molecule has 0 aromatic heterocycles. The second-order valence-electron chi connectivity index (χ2n) is 8.64. The molecule has 2 aromatic carbocycles. The molecule has 0 radical (unpaired) electrons. The molecule has 3 rings (SSSR count). The molecule has 0 aliphatic carbocycles. The molecular weight excluding hydrogens is 480 g/mol. The topological polar surface area (TPSA) is 65.0 Å². The van der Waals surface area contributed by atoms with Crippen molar-refractivity contribution in [3.05, 3.63) is 77.9 Å². The summed E-state index contributed by atoms with van der Waals surface area (Å²) in [6, 6.07) is 17.7. The maximum absolute atomic E-state index is 11.4. The quantitative estimate of drug-likeness (QED) is 0.262. The van der Waals surface area contributed by atoms with Gasteiger partial charge in [0.1, 0.15) is 18.1 Å². The smallest absolute Gasteiger partial charge is 0.142 e. The minimum atomic E-state index is -0.714. The molecule has 5 nitrogen and oxygen atoms in total. The van der Waals surface area contributed by atoms with Gasteiger partial charge in [0.15, 0.2) is 0 Å². The lowest BCUT2D eigenvalue weighted by molar-refractivity contribution is -0.104. The summed E-state index contributed by atoms with van der Waals surface area (Å²) in [6.07, 6.45) is 4.83. The molecule has 190 valence electrons. The van der Waals surface area contributed by atoms with E-state index in [0.717, 1.165) is 41.1 Å². The van der Waals surface area contributed by atoms with E-state index in [9.17, 15) is 9.90 Å². The predicted molar refractivity (Wildman–Crippen MR) is 145 cm³/mol. The molecule has 1 saturated heterocycles. The first kappa shape index (κ1) is 27.8. The Kier molecular flexibility index (Phi) is 11.7. The molecule has 1 heterocycles. The number of methoxy groups -OCH3 is 1. The minimum Gasteiger partial charge on any atom is -0.497 e. The van der Waals surface area contributed by atoms with Gasteiger partial charge in [0.25, 0.3) is 0 Å². The molecule has 1 fully saturated rings. The highest BCUT2D eigenvalue weighted by Crippen LogP contribution is 2.51. The number of allylic oxidation sites excluding steroid dienone is 2. The molecule has 35 heavy (non-hydrogen) atoms. The van der Waals surface area contributed by atoms with Gasteiger partial charge in [-0.25, -0.2) is 0 Å². The summed E-state index contributed by atoms with van der Waals surface area (Å²) >= 11 is 3.76. The van der Waals surface area contributed by atoms with Crippen molar-refractivity contribution in [1.29, 1.82) is 0 Å². The van der Waals surface area contributed by atoms with Crippen molar-refractivity contribution < 1.29 is 24.1 Å². The lowest BCUT2D eigenvalue weighted by atomic mass is 9.98. The summed E-state index contributed by atoms with van der Waals surface area (Å²) in [5.41, 5.74) is 2.09. The third kappa shape index (κ3) is 8.69. The van der Waals surface area contributed by atoms with E-state index in [0.29, 0.717) is 19.6 Å². The fraction of sp³-hybridized carbons (Fsp3) is 0.464. The third-order valence-corrected chi connectivity index (χ3v) is 9.84. The molecule has 1 aliphatic rings. The summed E-state index contributed by atoms with van der Waals surface area (Å²) in [5, 5.41) is 11.4. The van der Waals surface area contributed by atoms with Gasteiger partial charge in [-0.05, 0) is 53.2 Å². The Balaban J connectivity index is 1.69. The van der Waals surface area contributed by atoms with Gasteiger partial charge >= 0.3 is 0 Å². The van der Waals surface area contributed by atoms with Gasteiger partial charge in [-0.2, -0.15) is 0 Å². The fourth-order valence-electron chi connectivity index (χ4n) is 4.00. The van der Waals surface area contributed by atoms with Gasteiger partial charge in [-0.15, -0.1) is 23.5 Å². The second kappa shape index (κ2) is 14.7. The van der Waals surface area contributed by atoms with Gasteiger partial charge < -0.3 is 19.3 Å². The summed E-state index contributed by atoms with van der Waals surface area (Å²) in [6.45, 7) is 3.24. The number of carbonyl (C=O) groups is 1. The first-order valence-corrected chi connectivity index (χ1v) is 14.0. The number of hydrogen-bond donors (Lipinski definition) is 1. The van der Waals surface area contributed by atoms with Crippen LogP contribution in [0.2, 0.25) is 0 Å². The number of aliphatic hydroxyl groups is 1. The Morgan fingerprint density at radius 2 is 1.71 bits per heavy atom. The lowest BCUT2D eigenvalue weighted by Crippen LogP contribution is -2.42. The number of aliphatic hydroxyl groups excluding tert-OH is 1. The van der Waals surface area contributed by atoms with Crippen LogP contribution in [0.5, 0.6) is 5.75 Å². The molecule has 0 amide bonds. The van der Waals surface area contributed by atoms with Crippen LogP contribution in [-0.2, 0) is 27.5 Å². The van der Waals surface area contributed by atoms with E-state index in [1.54, 1.807) is 13.2 Å². The summed E-state index contributed by atoms with van der Waals surface area (Å²) in [5.74, 6) is 3.01. The average Bonchev–Trinajstić information content (AvgIpc) is 2.90. The number of benzene rings is 2. The Labute approximate surface area is 217 Å². The number of carbonyl (C=O) groups excluding carboxylic acids is 1. The average molecular weight is 517 g/mol. The molecule has 1 N–H and O–H groups in total. The van der Waals surface area contributed by atoms with Crippen molar-refractivity contribution in [2.24, 2.45) is 5.92 Å². The van der Waals surface area contributed by atoms with Gasteiger partial charge in [0, 0.05) is 6.42 Å². The van der Waals surface area contributed by atoms with Crippen LogP contribution in [0.1, 0.15) is 30.9 Å². The lowest BCUT2D eigenvalue weighted by Gasteiger charge is -2.42. The number of aldehydes is 1. The summed E-state index contributed by atoms with van der Waals surface area (Å²) in [4.78, 5) is 10.9. The normalized spacial score (nSPS) is 18.1. The Bertz CT molecular complexity index is 897. The molecule has 2 aromatic rings. The second-order valence-corrected chi connectivity index (χ2v) is 11.8. The maximum Gasteiger partial charge on any atom is 0.142 e. The van der Waals surface area contributed by atoms with Gasteiger partial charge in [-0.1, -0.05) is 55.5 Å². The van der Waals surface area contributed by atoms with E-state index in [2.05, 4.69) is 6.92 Å². The van der Waals surface area contributed by atoms with Crippen LogP contribution in [0.15, 0.2) is 66.7 Å². The minimum absolute atomic E-state index is 0.130. The summed E-state index contributed by atoms with van der Waals surface area (Å²) < 4.78 is 17.3. The first-order valence-electron chi connectivity index (χ1n) is 12.0. The fourth-order valence-corrected chi connectivity index (χ4v) is 7.55. The van der Waals surface area contributed by atoms with E-state index in [1.807, 2.05) is 84.2 Å². The Morgan fingerprint density at radius 1 is 1.03 bits per heavy atom. The maximum atomic E-state index is 11.4. The van der Waals surface area contributed by atoms with Crippen molar-refractivity contribution in [2.45, 2.75) is 49.3 Å². The Morgan fingerprint density at radius 3 is 2.37 bits per heavy atom. The standard InChI is InChI=1S/C28H36O5S2/c1-22(8-6-15-29)28(34-16-7-17-35-28)18-26(30)27(21-32-19-23-9-4-3-5-10-23)33-20-24-11-13-25(31-2)14-12-24/h3-6,8-15,22,26-27,30H,7,16-21H2,1-2H3/b8-6-/t22-,26+,27-/m1/s1. The zero-order chi connectivity index (χ0) is 24.9. The van der Waals surface area contributed by atoms with Crippen LogP contribution in [-0.4, -0.2) is 52.9 Å². The van der Waals surface area contributed by atoms with Crippen LogP contribution in [0.3, 0.4) is 0 Å². The number of thioether (sulfide) groups is 2. The predicted octanol–water partition coefficient (Wildman–Crippen LogP) is 5.51. The van der Waals surface area contributed by atoms with Crippen molar-refractivity contribution in [3.8, 4) is 5.75 Å². The zero-order valence-electron chi connectivity index (χ0n) is 20.5. The van der Waals surface area contributed by atoms with Gasteiger partial charge in [-0.3, -0.25) is 4.79 Å². The molecular formula is C28H36O5S2. The van der Waals surface area contributed by atoms with Crippen molar-refractivity contribution in [1.82, 2.24) is 0 Å². The molecule has 0 bridgehead atoms. The largest absolute Gasteiger partial charge is 0.497 e. The molecule has 0 unspecified atom stereocenters. The van der Waals surface area contributed by atoms with Crippen molar-refractivity contribution in [2.75, 3.05) is 25.2 Å². The van der Waals surface area contributed by atoms with Crippen LogP contribution in [0, 0.1) is 5.92 Å². The highest BCUT2D eigenvalue weighted by molar-refractivity contribution is 8.18. The van der Waals surface area contributed by atoms with E-state index in [-0.39, 0.29) is 16.6 Å².